The maximum absolute atomic E-state index is 6.79. The Morgan fingerprint density at radius 1 is 0.247 bits per heavy atom. The predicted molar refractivity (Wildman–Crippen MR) is 314 cm³/mol. The molecule has 0 fully saturated rings. The van der Waals surface area contributed by atoms with Crippen molar-refractivity contribution in [3.05, 3.63) is 317 Å². The highest BCUT2D eigenvalue weighted by Crippen LogP contribution is 2.66. The molecule has 2 heterocycles. The number of benzene rings is 13. The summed E-state index contributed by atoms with van der Waals surface area (Å²) in [5, 5.41) is 7.63. The Bertz CT molecular complexity index is 4540. The van der Waals surface area contributed by atoms with Crippen LogP contribution in [0.3, 0.4) is 0 Å². The van der Waals surface area contributed by atoms with Crippen LogP contribution in [0.25, 0.3) is 65.7 Å². The van der Waals surface area contributed by atoms with Gasteiger partial charge in [-0.2, -0.15) is 0 Å². The van der Waals surface area contributed by atoms with Crippen LogP contribution in [0.5, 0.6) is 23.0 Å². The highest BCUT2D eigenvalue weighted by Gasteiger charge is 2.53. The first kappa shape index (κ1) is 42.4. The number of hydrogen-bond acceptors (Lipinski definition) is 3. The van der Waals surface area contributed by atoms with Gasteiger partial charge in [0.25, 0.3) is 0 Å². The van der Waals surface area contributed by atoms with Crippen LogP contribution in [0.4, 0.5) is 17.1 Å². The molecule has 0 N–H and O–H groups in total. The molecule has 0 amide bonds. The molecule has 0 bridgehead atoms. The third-order valence-electron chi connectivity index (χ3n) is 17.4. The summed E-state index contributed by atoms with van der Waals surface area (Å²) in [5.41, 5.74) is 18.7. The highest BCUT2D eigenvalue weighted by molar-refractivity contribution is 6.25. The second-order valence-corrected chi connectivity index (χ2v) is 20.9. The van der Waals surface area contributed by atoms with Crippen molar-refractivity contribution in [2.24, 2.45) is 0 Å². The van der Waals surface area contributed by atoms with Crippen LogP contribution >= 0.6 is 0 Å². The van der Waals surface area contributed by atoms with Crippen LogP contribution in [-0.2, 0) is 10.8 Å². The standard InChI is InChI=1S/C74H45NO2/c1-2-20-52-50(18-1)51-19-3-4-21-53(51)58-44-47(38-42-54(52)58)46-36-39-48(40-37-46)75(49-41-43-56-55-22-5-7-24-59(55)74(66(56)45-49)63-28-11-15-34-70(63)77-71-35-16-12-29-64(71)74)67-31-17-30-65-72(67)57-23-6-8-25-60(57)73(65)61-26-9-13-32-68(61)76-69-33-14-10-27-62(69)73/h1-45H. The third-order valence-corrected chi connectivity index (χ3v) is 17.4. The SMILES string of the molecule is c1ccc2c(c1)Oc1ccccc1C21c2ccccc2-c2ccc(N(c3ccc(-c4ccc5c6ccccc6c6ccccc6c5c4)cc3)c3cccc4c3-c3ccccc3C43c4ccccc4Oc4ccccc43)cc21. The summed E-state index contributed by atoms with van der Waals surface area (Å²) in [6.07, 6.45) is 0. The van der Waals surface area contributed by atoms with Crippen molar-refractivity contribution in [3.63, 3.8) is 0 Å². The van der Waals surface area contributed by atoms with Crippen molar-refractivity contribution in [2.75, 3.05) is 4.90 Å². The number of rotatable bonds is 4. The van der Waals surface area contributed by atoms with Gasteiger partial charge in [-0.25, -0.2) is 0 Å². The Balaban J connectivity index is 0.922. The Hall–Kier alpha value is -9.96. The van der Waals surface area contributed by atoms with Gasteiger partial charge in [0, 0.05) is 39.2 Å². The van der Waals surface area contributed by atoms with Crippen LogP contribution in [0, 0.1) is 0 Å². The van der Waals surface area contributed by atoms with Gasteiger partial charge in [0.15, 0.2) is 0 Å². The summed E-state index contributed by atoms with van der Waals surface area (Å²) in [4.78, 5) is 2.52. The van der Waals surface area contributed by atoms with Crippen molar-refractivity contribution >= 4 is 49.4 Å². The molecule has 0 aromatic heterocycles. The van der Waals surface area contributed by atoms with Crippen molar-refractivity contribution < 1.29 is 9.47 Å². The molecule has 3 nitrogen and oxygen atoms in total. The van der Waals surface area contributed by atoms with E-state index in [9.17, 15) is 0 Å². The number of anilines is 3. The Kier molecular flexibility index (Phi) is 8.69. The van der Waals surface area contributed by atoms with Gasteiger partial charge < -0.3 is 14.4 Å². The number of fused-ring (bicyclic) bond motifs is 24. The predicted octanol–water partition coefficient (Wildman–Crippen LogP) is 19.2. The first-order valence-corrected chi connectivity index (χ1v) is 26.6. The second-order valence-electron chi connectivity index (χ2n) is 20.9. The fraction of sp³-hybridized carbons (Fsp3) is 0.0270. The van der Waals surface area contributed by atoms with Gasteiger partial charge >= 0.3 is 0 Å². The molecule has 77 heavy (non-hydrogen) atoms. The molecular weight excluding hydrogens is 935 g/mol. The molecule has 2 spiro atoms. The minimum atomic E-state index is -0.640. The molecule has 0 atom stereocenters. The molecule has 4 aliphatic rings. The lowest BCUT2D eigenvalue weighted by molar-refractivity contribution is 0.436. The molecule has 0 radical (unpaired) electrons. The first-order valence-electron chi connectivity index (χ1n) is 26.6. The lowest BCUT2D eigenvalue weighted by Crippen LogP contribution is -2.32. The van der Waals surface area contributed by atoms with E-state index in [4.69, 9.17) is 9.47 Å². The van der Waals surface area contributed by atoms with Gasteiger partial charge in [-0.15, -0.1) is 0 Å². The minimum absolute atomic E-state index is 0.631. The largest absolute Gasteiger partial charge is 0.457 e. The van der Waals surface area contributed by atoms with Gasteiger partial charge in [0.1, 0.15) is 23.0 Å². The normalized spacial score (nSPS) is 14.1. The summed E-state index contributed by atoms with van der Waals surface area (Å²) in [5.74, 6) is 3.51. The zero-order chi connectivity index (χ0) is 50.4. The molecule has 0 saturated heterocycles. The zero-order valence-electron chi connectivity index (χ0n) is 41.7. The number of nitrogens with zero attached hydrogens (tertiary/aromatic N) is 1. The average molecular weight is 980 g/mol. The van der Waals surface area contributed by atoms with Crippen molar-refractivity contribution in [1.29, 1.82) is 0 Å². The van der Waals surface area contributed by atoms with Gasteiger partial charge in [0.2, 0.25) is 0 Å². The van der Waals surface area contributed by atoms with E-state index in [2.05, 4.69) is 278 Å². The summed E-state index contributed by atoms with van der Waals surface area (Å²) < 4.78 is 13.6. The Labute approximate surface area is 446 Å². The van der Waals surface area contributed by atoms with Crippen LogP contribution in [0.15, 0.2) is 273 Å². The number of ether oxygens (including phenoxy) is 2. The van der Waals surface area contributed by atoms with Crippen LogP contribution in [-0.4, -0.2) is 0 Å². The fourth-order valence-corrected chi connectivity index (χ4v) is 14.4. The van der Waals surface area contributed by atoms with Crippen LogP contribution in [0.1, 0.15) is 44.5 Å². The molecule has 0 saturated carbocycles. The van der Waals surface area contributed by atoms with Gasteiger partial charge in [-0.3, -0.25) is 0 Å². The molecule has 358 valence electrons. The highest BCUT2D eigenvalue weighted by atomic mass is 16.5. The van der Waals surface area contributed by atoms with Crippen molar-refractivity contribution in [1.82, 2.24) is 0 Å². The van der Waals surface area contributed by atoms with E-state index in [1.165, 1.54) is 82.4 Å². The number of hydrogen-bond donors (Lipinski definition) is 0. The zero-order valence-corrected chi connectivity index (χ0v) is 41.7. The summed E-state index contributed by atoms with van der Waals surface area (Å²) in [6, 6.07) is 101. The minimum Gasteiger partial charge on any atom is -0.457 e. The monoisotopic (exact) mass is 979 g/mol. The molecule has 0 unspecified atom stereocenters. The summed E-state index contributed by atoms with van der Waals surface area (Å²) >= 11 is 0. The molecule has 13 aromatic rings. The lowest BCUT2D eigenvalue weighted by Gasteiger charge is -2.40. The molecule has 13 aromatic carbocycles. The van der Waals surface area contributed by atoms with Crippen LogP contribution in [0.2, 0.25) is 0 Å². The molecule has 17 rings (SSSR count). The van der Waals surface area contributed by atoms with E-state index in [0.717, 1.165) is 67.9 Å². The fourth-order valence-electron chi connectivity index (χ4n) is 14.4. The summed E-state index contributed by atoms with van der Waals surface area (Å²) in [7, 11) is 0. The first-order chi connectivity index (χ1) is 38.2. The van der Waals surface area contributed by atoms with Crippen molar-refractivity contribution in [3.8, 4) is 56.4 Å². The van der Waals surface area contributed by atoms with Crippen LogP contribution < -0.4 is 14.4 Å². The topological polar surface area (TPSA) is 21.7 Å². The Morgan fingerprint density at radius 2 is 0.649 bits per heavy atom. The third kappa shape index (κ3) is 5.59. The van der Waals surface area contributed by atoms with E-state index in [1.807, 2.05) is 0 Å². The van der Waals surface area contributed by atoms with Gasteiger partial charge in [0.05, 0.1) is 16.5 Å². The Morgan fingerprint density at radius 3 is 1.22 bits per heavy atom. The van der Waals surface area contributed by atoms with E-state index in [-0.39, 0.29) is 0 Å². The van der Waals surface area contributed by atoms with E-state index < -0.39 is 10.8 Å². The lowest BCUT2D eigenvalue weighted by atomic mass is 9.66. The quantitative estimate of drug-likeness (QED) is 0.164. The van der Waals surface area contributed by atoms with Gasteiger partial charge in [-0.1, -0.05) is 212 Å². The maximum atomic E-state index is 6.79. The molecule has 2 aliphatic heterocycles. The molecular formula is C74H45NO2. The summed E-state index contributed by atoms with van der Waals surface area (Å²) in [6.45, 7) is 0. The van der Waals surface area contributed by atoms with E-state index >= 15 is 0 Å². The average Bonchev–Trinajstić information content (AvgIpc) is 4.16. The second kappa shape index (κ2) is 15.8. The molecule has 3 heteroatoms. The number of para-hydroxylation sites is 4. The van der Waals surface area contributed by atoms with E-state index in [1.54, 1.807) is 0 Å². The van der Waals surface area contributed by atoms with Crippen molar-refractivity contribution in [2.45, 2.75) is 10.8 Å². The maximum Gasteiger partial charge on any atom is 0.132 e. The molecule has 2 aliphatic carbocycles. The van der Waals surface area contributed by atoms with Gasteiger partial charge in [-0.05, 0) is 143 Å². The van der Waals surface area contributed by atoms with E-state index in [0.29, 0.717) is 0 Å². The smallest absolute Gasteiger partial charge is 0.132 e.